The topological polar surface area (TPSA) is 78.5 Å². The van der Waals surface area contributed by atoms with Gasteiger partial charge in [-0.15, -0.1) is 0 Å². The Morgan fingerprint density at radius 1 is 1.08 bits per heavy atom. The molecule has 1 aromatic rings. The number of rotatable bonds is 4. The normalized spacial score (nSPS) is 23.0. The van der Waals surface area contributed by atoms with E-state index in [0.29, 0.717) is 17.9 Å². The van der Waals surface area contributed by atoms with Crippen LogP contribution in [-0.2, 0) is 14.4 Å². The molecule has 0 bridgehead atoms. The number of carbonyl (C=O) groups excluding carboxylic acids is 3. The molecule has 1 saturated heterocycles. The summed E-state index contributed by atoms with van der Waals surface area (Å²) in [5.41, 5.74) is 5.33. The zero-order chi connectivity index (χ0) is 19.0. The minimum absolute atomic E-state index is 0.223. The van der Waals surface area contributed by atoms with Gasteiger partial charge in [0.25, 0.3) is 5.91 Å². The molecule has 26 heavy (non-hydrogen) atoms. The van der Waals surface area contributed by atoms with E-state index in [9.17, 15) is 14.4 Å². The van der Waals surface area contributed by atoms with Crippen molar-refractivity contribution in [3.8, 4) is 0 Å². The Balaban J connectivity index is 1.69. The summed E-state index contributed by atoms with van der Waals surface area (Å²) in [4.78, 5) is 38.5. The number of amides is 3. The van der Waals surface area contributed by atoms with Crippen LogP contribution in [0.1, 0.15) is 19.8 Å². The van der Waals surface area contributed by atoms with E-state index in [-0.39, 0.29) is 39.4 Å². The first-order chi connectivity index (χ1) is 12.3. The Kier molecular flexibility index (Phi) is 5.46. The summed E-state index contributed by atoms with van der Waals surface area (Å²) in [6, 6.07) is 1.98. The fourth-order valence-corrected chi connectivity index (χ4v) is 4.13. The zero-order valence-corrected chi connectivity index (χ0v) is 16.0. The fourth-order valence-electron chi connectivity index (χ4n) is 3.22. The highest BCUT2D eigenvalue weighted by molar-refractivity contribution is 6.41. The van der Waals surface area contributed by atoms with Gasteiger partial charge in [0.2, 0.25) is 11.8 Å². The largest absolute Gasteiger partial charge is 0.296 e. The van der Waals surface area contributed by atoms with E-state index >= 15 is 0 Å². The summed E-state index contributed by atoms with van der Waals surface area (Å²) in [7, 11) is 0. The molecule has 1 heterocycles. The molecule has 0 unspecified atom stereocenters. The van der Waals surface area contributed by atoms with E-state index in [4.69, 9.17) is 34.8 Å². The third-order valence-electron chi connectivity index (χ3n) is 4.63. The number of anilines is 1. The monoisotopic (exact) mass is 415 g/mol. The van der Waals surface area contributed by atoms with Gasteiger partial charge in [-0.25, -0.2) is 0 Å². The lowest BCUT2D eigenvalue weighted by molar-refractivity contribution is -0.147. The number of halogens is 3. The summed E-state index contributed by atoms with van der Waals surface area (Å²) in [5.74, 6) is -1.93. The quantitative estimate of drug-likeness (QED) is 0.448. The van der Waals surface area contributed by atoms with E-state index in [1.807, 2.05) is 12.2 Å². The van der Waals surface area contributed by atoms with Crippen LogP contribution >= 0.6 is 34.8 Å². The molecule has 138 valence electrons. The molecule has 9 heteroatoms. The molecule has 3 atom stereocenters. The molecule has 2 aliphatic rings. The van der Waals surface area contributed by atoms with Crippen molar-refractivity contribution in [2.24, 2.45) is 11.8 Å². The summed E-state index contributed by atoms with van der Waals surface area (Å²) >= 11 is 17.9. The van der Waals surface area contributed by atoms with Crippen LogP contribution in [0.3, 0.4) is 0 Å². The standard InChI is InChI=1S/C17H16Cl3N3O3/c1-8(23-16(25)10-4-2-3-5-11(10)17(23)26)15(24)22-21-14-12(19)6-9(18)7-13(14)20/h2-3,6-8,10-11,21H,4-5H2,1H3,(H,22,24)/t8-,10-,11+/m0/s1. The third-order valence-corrected chi connectivity index (χ3v) is 5.44. The second kappa shape index (κ2) is 7.47. The maximum atomic E-state index is 12.5. The van der Waals surface area contributed by atoms with Crippen LogP contribution in [0.2, 0.25) is 15.1 Å². The minimum atomic E-state index is -0.960. The van der Waals surface area contributed by atoms with Gasteiger partial charge in [0.1, 0.15) is 6.04 Å². The van der Waals surface area contributed by atoms with E-state index in [1.54, 1.807) is 0 Å². The van der Waals surface area contributed by atoms with Gasteiger partial charge < -0.3 is 0 Å². The molecule has 0 saturated carbocycles. The average Bonchev–Trinajstić information content (AvgIpc) is 2.84. The minimum Gasteiger partial charge on any atom is -0.296 e. The first-order valence-corrected chi connectivity index (χ1v) is 9.17. The van der Waals surface area contributed by atoms with Crippen molar-refractivity contribution in [2.75, 3.05) is 5.43 Å². The Bertz CT molecular complexity index is 763. The van der Waals surface area contributed by atoms with Crippen molar-refractivity contribution in [2.45, 2.75) is 25.8 Å². The van der Waals surface area contributed by atoms with Crippen LogP contribution < -0.4 is 10.9 Å². The lowest BCUT2D eigenvalue weighted by Crippen LogP contribution is -2.49. The van der Waals surface area contributed by atoms with Crippen LogP contribution in [0.5, 0.6) is 0 Å². The lowest BCUT2D eigenvalue weighted by Gasteiger charge is -2.23. The van der Waals surface area contributed by atoms with E-state index in [2.05, 4.69) is 10.9 Å². The van der Waals surface area contributed by atoms with Crippen molar-refractivity contribution >= 4 is 58.2 Å². The number of hydrazine groups is 1. The van der Waals surface area contributed by atoms with E-state index < -0.39 is 11.9 Å². The van der Waals surface area contributed by atoms with Crippen molar-refractivity contribution in [3.63, 3.8) is 0 Å². The highest BCUT2D eigenvalue weighted by atomic mass is 35.5. The lowest BCUT2D eigenvalue weighted by atomic mass is 9.85. The summed E-state index contributed by atoms with van der Waals surface area (Å²) in [6.07, 6.45) is 4.84. The molecule has 1 aliphatic carbocycles. The maximum Gasteiger partial charge on any atom is 0.261 e. The number of likely N-dealkylation sites (tertiary alicyclic amines) is 1. The molecule has 1 fully saturated rings. The van der Waals surface area contributed by atoms with Crippen LogP contribution in [0.25, 0.3) is 0 Å². The Morgan fingerprint density at radius 3 is 2.08 bits per heavy atom. The predicted octanol–water partition coefficient (Wildman–Crippen LogP) is 3.43. The highest BCUT2D eigenvalue weighted by Gasteiger charge is 2.50. The SMILES string of the molecule is C[C@@H](C(=O)NNc1c(Cl)cc(Cl)cc1Cl)N1C(=O)[C@H]2CC=CC[C@H]2C1=O. The van der Waals surface area contributed by atoms with Gasteiger partial charge in [-0.1, -0.05) is 47.0 Å². The van der Waals surface area contributed by atoms with Gasteiger partial charge in [0.15, 0.2) is 0 Å². The molecule has 1 aromatic carbocycles. The Labute approximate surface area is 165 Å². The molecule has 6 nitrogen and oxygen atoms in total. The fraction of sp³-hybridized carbons (Fsp3) is 0.353. The van der Waals surface area contributed by atoms with Crippen LogP contribution in [-0.4, -0.2) is 28.7 Å². The number of hydrogen-bond acceptors (Lipinski definition) is 4. The zero-order valence-electron chi connectivity index (χ0n) is 13.8. The summed E-state index contributed by atoms with van der Waals surface area (Å²) in [6.45, 7) is 1.50. The summed E-state index contributed by atoms with van der Waals surface area (Å²) < 4.78 is 0. The third kappa shape index (κ3) is 3.41. The molecule has 3 rings (SSSR count). The number of fused-ring (bicyclic) bond motifs is 1. The van der Waals surface area contributed by atoms with Crippen molar-refractivity contribution in [3.05, 3.63) is 39.4 Å². The highest BCUT2D eigenvalue weighted by Crippen LogP contribution is 2.36. The van der Waals surface area contributed by atoms with Crippen molar-refractivity contribution < 1.29 is 14.4 Å². The molecule has 0 aromatic heterocycles. The second-order valence-corrected chi connectivity index (χ2v) is 7.49. The molecule has 0 spiro atoms. The van der Waals surface area contributed by atoms with Gasteiger partial charge in [-0.2, -0.15) is 0 Å². The van der Waals surface area contributed by atoms with Gasteiger partial charge in [0.05, 0.1) is 27.6 Å². The first-order valence-electron chi connectivity index (χ1n) is 8.03. The van der Waals surface area contributed by atoms with Gasteiger partial charge in [0, 0.05) is 5.02 Å². The Hall–Kier alpha value is -1.76. The molecule has 0 radical (unpaired) electrons. The molecule has 1 aliphatic heterocycles. The smallest absolute Gasteiger partial charge is 0.261 e. The molecule has 2 N–H and O–H groups in total. The van der Waals surface area contributed by atoms with Crippen molar-refractivity contribution in [1.82, 2.24) is 10.3 Å². The predicted molar refractivity (Wildman–Crippen MR) is 99.9 cm³/mol. The number of benzene rings is 1. The Morgan fingerprint density at radius 2 is 1.58 bits per heavy atom. The van der Waals surface area contributed by atoms with Crippen molar-refractivity contribution in [1.29, 1.82) is 0 Å². The van der Waals surface area contributed by atoms with Crippen LogP contribution in [0.15, 0.2) is 24.3 Å². The van der Waals surface area contributed by atoms with Crippen LogP contribution in [0.4, 0.5) is 5.69 Å². The second-order valence-electron chi connectivity index (χ2n) is 6.24. The molecule has 3 amide bonds. The maximum absolute atomic E-state index is 12.5. The number of nitrogens with zero attached hydrogens (tertiary/aromatic N) is 1. The van der Waals surface area contributed by atoms with Crippen LogP contribution in [0, 0.1) is 11.8 Å². The van der Waals surface area contributed by atoms with E-state index in [0.717, 1.165) is 4.90 Å². The summed E-state index contributed by atoms with van der Waals surface area (Å²) in [5, 5.41) is 0.802. The van der Waals surface area contributed by atoms with Gasteiger partial charge >= 0.3 is 0 Å². The molecular formula is C17H16Cl3N3O3. The number of nitrogens with one attached hydrogen (secondary N) is 2. The number of carbonyl (C=O) groups is 3. The van der Waals surface area contributed by atoms with Gasteiger partial charge in [-0.3, -0.25) is 30.1 Å². The number of hydrogen-bond donors (Lipinski definition) is 2. The number of allylic oxidation sites excluding steroid dienone is 2. The number of imide groups is 1. The average molecular weight is 417 g/mol. The first kappa shape index (κ1) is 19.0. The molecular weight excluding hydrogens is 401 g/mol. The van der Waals surface area contributed by atoms with E-state index in [1.165, 1.54) is 19.1 Å². The van der Waals surface area contributed by atoms with Gasteiger partial charge in [-0.05, 0) is 31.9 Å².